The van der Waals surface area contributed by atoms with Crippen LogP contribution in [-0.4, -0.2) is 34.2 Å². The lowest BCUT2D eigenvalue weighted by atomic mass is 10.1. The normalized spacial score (nSPS) is 11.5. The van der Waals surface area contributed by atoms with Crippen molar-refractivity contribution in [3.8, 4) is 0 Å². The number of aliphatic carboxylic acids is 2. The van der Waals surface area contributed by atoms with Crippen LogP contribution in [0.15, 0.2) is 24.3 Å². The number of hydrogen-bond donors (Lipinski definition) is 4. The van der Waals surface area contributed by atoms with E-state index >= 15 is 0 Å². The van der Waals surface area contributed by atoms with Crippen molar-refractivity contribution in [2.24, 2.45) is 5.90 Å². The number of carbonyl (C=O) groups is 3. The number of benzene rings is 1. The minimum Gasteiger partial charge on any atom is -0.481 e. The largest absolute Gasteiger partial charge is 0.481 e. The Morgan fingerprint density at radius 2 is 1.81 bits per heavy atom. The first kappa shape index (κ1) is 16.4. The van der Waals surface area contributed by atoms with Gasteiger partial charge in [-0.1, -0.05) is 12.1 Å². The molecule has 1 rings (SSSR count). The van der Waals surface area contributed by atoms with Gasteiger partial charge in [0.05, 0.1) is 12.8 Å². The smallest absolute Gasteiger partial charge is 0.326 e. The summed E-state index contributed by atoms with van der Waals surface area (Å²) in [5.74, 6) is 1.75. The maximum absolute atomic E-state index is 10.9. The van der Waals surface area contributed by atoms with Crippen LogP contribution in [0.25, 0.3) is 0 Å². The van der Waals surface area contributed by atoms with Crippen molar-refractivity contribution in [2.45, 2.75) is 25.3 Å². The monoisotopic (exact) mass is 296 g/mol. The standard InChI is InChI=1S/C13H16N2O6/c14-21-12(18)6-3-8-1-4-9(5-2-8)15-10(13(19)20)7-11(16)17/h1-2,4-5,10,15H,3,6-7,14H2,(H,16,17)(H,19,20)/t10-/m1/s1. The molecule has 0 fully saturated rings. The van der Waals surface area contributed by atoms with Crippen LogP contribution in [0.5, 0.6) is 0 Å². The van der Waals surface area contributed by atoms with Gasteiger partial charge in [-0.15, -0.1) is 0 Å². The third-order valence-corrected chi connectivity index (χ3v) is 2.72. The predicted molar refractivity (Wildman–Crippen MR) is 72.3 cm³/mol. The fraction of sp³-hybridized carbons (Fsp3) is 0.308. The van der Waals surface area contributed by atoms with Crippen LogP contribution in [0.2, 0.25) is 0 Å². The van der Waals surface area contributed by atoms with Gasteiger partial charge in [0.2, 0.25) is 0 Å². The molecule has 0 heterocycles. The Kier molecular flexibility index (Phi) is 6.15. The van der Waals surface area contributed by atoms with Crippen LogP contribution in [0.1, 0.15) is 18.4 Å². The van der Waals surface area contributed by atoms with Gasteiger partial charge in [0, 0.05) is 5.69 Å². The summed E-state index contributed by atoms with van der Waals surface area (Å²) in [4.78, 5) is 36.4. The minimum absolute atomic E-state index is 0.139. The first-order valence-corrected chi connectivity index (χ1v) is 6.12. The number of carboxylic acid groups (broad SMARTS) is 2. The highest BCUT2D eigenvalue weighted by Crippen LogP contribution is 2.13. The average Bonchev–Trinajstić information content (AvgIpc) is 2.44. The van der Waals surface area contributed by atoms with Gasteiger partial charge in [-0.25, -0.2) is 4.79 Å². The second-order valence-electron chi connectivity index (χ2n) is 4.32. The Hall–Kier alpha value is -2.61. The topological polar surface area (TPSA) is 139 Å². The Bertz CT molecular complexity index is 514. The van der Waals surface area contributed by atoms with E-state index in [0.717, 1.165) is 5.56 Å². The van der Waals surface area contributed by atoms with Gasteiger partial charge in [0.15, 0.2) is 0 Å². The number of nitrogens with two attached hydrogens (primary N) is 1. The van der Waals surface area contributed by atoms with Gasteiger partial charge >= 0.3 is 17.9 Å². The lowest BCUT2D eigenvalue weighted by molar-refractivity contribution is -0.144. The molecule has 0 aromatic heterocycles. The molecule has 5 N–H and O–H groups in total. The summed E-state index contributed by atoms with van der Waals surface area (Å²) in [6.45, 7) is 0. The number of aryl methyl sites for hydroxylation is 1. The summed E-state index contributed by atoms with van der Waals surface area (Å²) >= 11 is 0. The highest BCUT2D eigenvalue weighted by molar-refractivity contribution is 5.83. The van der Waals surface area contributed by atoms with Crippen molar-refractivity contribution in [1.82, 2.24) is 0 Å². The van der Waals surface area contributed by atoms with Gasteiger partial charge in [-0.2, -0.15) is 5.90 Å². The first-order valence-electron chi connectivity index (χ1n) is 6.12. The van der Waals surface area contributed by atoms with Gasteiger partial charge < -0.3 is 20.4 Å². The van der Waals surface area contributed by atoms with Crippen LogP contribution >= 0.6 is 0 Å². The Morgan fingerprint density at radius 3 is 2.29 bits per heavy atom. The van der Waals surface area contributed by atoms with E-state index < -0.39 is 30.4 Å². The van der Waals surface area contributed by atoms with E-state index in [1.165, 1.54) is 0 Å². The molecule has 0 aliphatic heterocycles. The number of carbonyl (C=O) groups excluding carboxylic acids is 1. The highest BCUT2D eigenvalue weighted by atomic mass is 16.7. The van der Waals surface area contributed by atoms with E-state index in [0.29, 0.717) is 12.1 Å². The summed E-state index contributed by atoms with van der Waals surface area (Å²) in [6.07, 6.45) is 0.0489. The Labute approximate surface area is 120 Å². The number of nitrogens with one attached hydrogen (secondary N) is 1. The molecule has 0 spiro atoms. The molecule has 0 saturated heterocycles. The number of carboxylic acids is 2. The average molecular weight is 296 g/mol. The fourth-order valence-corrected chi connectivity index (χ4v) is 1.65. The molecule has 0 radical (unpaired) electrons. The van der Waals surface area contributed by atoms with Crippen LogP contribution < -0.4 is 11.2 Å². The molecule has 0 aliphatic rings. The van der Waals surface area contributed by atoms with Crippen molar-refractivity contribution in [1.29, 1.82) is 0 Å². The van der Waals surface area contributed by atoms with Gasteiger partial charge in [-0.05, 0) is 24.1 Å². The highest BCUT2D eigenvalue weighted by Gasteiger charge is 2.20. The first-order chi connectivity index (χ1) is 9.92. The zero-order chi connectivity index (χ0) is 15.8. The van der Waals surface area contributed by atoms with Gasteiger partial charge in [0.25, 0.3) is 0 Å². The molecule has 1 aromatic carbocycles. The van der Waals surface area contributed by atoms with E-state index in [-0.39, 0.29) is 6.42 Å². The SMILES string of the molecule is NOC(=O)CCc1ccc(N[C@H](CC(=O)O)C(=O)O)cc1. The molecule has 0 unspecified atom stereocenters. The molecule has 0 amide bonds. The summed E-state index contributed by atoms with van der Waals surface area (Å²) < 4.78 is 0. The van der Waals surface area contributed by atoms with E-state index in [2.05, 4.69) is 10.2 Å². The van der Waals surface area contributed by atoms with E-state index in [1.807, 2.05) is 0 Å². The summed E-state index contributed by atoms with van der Waals surface area (Å²) in [7, 11) is 0. The molecular formula is C13H16N2O6. The molecule has 114 valence electrons. The van der Waals surface area contributed by atoms with E-state index in [9.17, 15) is 14.4 Å². The zero-order valence-electron chi connectivity index (χ0n) is 11.1. The number of anilines is 1. The molecule has 21 heavy (non-hydrogen) atoms. The van der Waals surface area contributed by atoms with Crippen molar-refractivity contribution >= 4 is 23.6 Å². The van der Waals surface area contributed by atoms with Crippen LogP contribution in [-0.2, 0) is 25.6 Å². The number of hydrogen-bond acceptors (Lipinski definition) is 6. The molecule has 0 aliphatic carbocycles. The number of rotatable bonds is 8. The minimum atomic E-state index is -1.24. The van der Waals surface area contributed by atoms with E-state index in [1.54, 1.807) is 24.3 Å². The fourth-order valence-electron chi connectivity index (χ4n) is 1.65. The third-order valence-electron chi connectivity index (χ3n) is 2.72. The molecule has 1 aromatic rings. The van der Waals surface area contributed by atoms with Crippen molar-refractivity contribution < 1.29 is 29.4 Å². The molecule has 0 bridgehead atoms. The van der Waals surface area contributed by atoms with Crippen molar-refractivity contribution in [3.63, 3.8) is 0 Å². The van der Waals surface area contributed by atoms with Crippen LogP contribution in [0.4, 0.5) is 5.69 Å². The summed E-state index contributed by atoms with van der Waals surface area (Å²) in [5, 5.41) is 20.2. The lowest BCUT2D eigenvalue weighted by Crippen LogP contribution is -2.31. The summed E-state index contributed by atoms with van der Waals surface area (Å²) in [5.41, 5.74) is 1.32. The van der Waals surface area contributed by atoms with Crippen LogP contribution in [0.3, 0.4) is 0 Å². The van der Waals surface area contributed by atoms with E-state index in [4.69, 9.17) is 16.1 Å². The lowest BCUT2D eigenvalue weighted by Gasteiger charge is -2.14. The molecule has 8 nitrogen and oxygen atoms in total. The maximum Gasteiger partial charge on any atom is 0.326 e. The van der Waals surface area contributed by atoms with Crippen LogP contribution in [0, 0.1) is 0 Å². The zero-order valence-corrected chi connectivity index (χ0v) is 11.1. The maximum atomic E-state index is 10.9. The Balaban J connectivity index is 2.62. The van der Waals surface area contributed by atoms with Crippen molar-refractivity contribution in [3.05, 3.63) is 29.8 Å². The van der Waals surface area contributed by atoms with Gasteiger partial charge in [-0.3, -0.25) is 9.59 Å². The summed E-state index contributed by atoms with van der Waals surface area (Å²) in [6, 6.07) is 5.42. The predicted octanol–water partition coefficient (Wildman–Crippen LogP) is 0.376. The van der Waals surface area contributed by atoms with Crippen molar-refractivity contribution in [2.75, 3.05) is 5.32 Å². The molecular weight excluding hydrogens is 280 g/mol. The second-order valence-corrected chi connectivity index (χ2v) is 4.32. The molecule has 0 saturated carbocycles. The van der Waals surface area contributed by atoms with Gasteiger partial charge in [0.1, 0.15) is 6.04 Å². The molecule has 1 atom stereocenters. The Morgan fingerprint density at radius 1 is 1.19 bits per heavy atom. The second kappa shape index (κ2) is 7.85. The molecule has 8 heteroatoms. The quantitative estimate of drug-likeness (QED) is 0.505. The third kappa shape index (κ3) is 5.91.